The van der Waals surface area contributed by atoms with Crippen LogP contribution in [0.4, 0.5) is 0 Å². The molecule has 68 valence electrons. The van der Waals surface area contributed by atoms with E-state index < -0.39 is 0 Å². The van der Waals surface area contributed by atoms with Crippen molar-refractivity contribution in [3.8, 4) is 0 Å². The highest BCUT2D eigenvalue weighted by molar-refractivity contribution is 7.80. The van der Waals surface area contributed by atoms with Crippen molar-refractivity contribution in [3.63, 3.8) is 0 Å². The number of hydrogen-bond donors (Lipinski definition) is 0. The number of rotatable bonds is 2. The van der Waals surface area contributed by atoms with Crippen molar-refractivity contribution in [3.05, 3.63) is 0 Å². The molecule has 1 rings (SSSR count). The molecular weight excluding hydrogens is 172 g/mol. The fraction of sp³-hybridized carbons (Fsp3) is 0.778. The molecule has 1 fully saturated rings. The molecule has 1 heterocycles. The van der Waals surface area contributed by atoms with E-state index in [4.69, 9.17) is 17.0 Å². The summed E-state index contributed by atoms with van der Waals surface area (Å²) in [4.78, 5) is 12.1. The minimum atomic E-state index is -0.124. The maximum atomic E-state index is 11.3. The molecule has 0 aromatic carbocycles. The first-order valence-corrected chi connectivity index (χ1v) is 4.79. The largest absolute Gasteiger partial charge is 0.462 e. The molecule has 1 aliphatic rings. The molecule has 1 aliphatic heterocycles. The molecular formula is C9H14O2S. The van der Waals surface area contributed by atoms with Gasteiger partial charge in [0.25, 0.3) is 0 Å². The molecule has 2 atom stereocenters. The molecule has 2 unspecified atom stereocenters. The number of esters is 1. The van der Waals surface area contributed by atoms with E-state index in [1.54, 1.807) is 0 Å². The van der Waals surface area contributed by atoms with Gasteiger partial charge in [0.1, 0.15) is 0 Å². The molecule has 0 N–H and O–H groups in total. The topological polar surface area (TPSA) is 26.3 Å². The van der Waals surface area contributed by atoms with Crippen molar-refractivity contribution >= 4 is 23.1 Å². The second-order valence-corrected chi connectivity index (χ2v) is 3.72. The van der Waals surface area contributed by atoms with Gasteiger partial charge >= 0.3 is 5.97 Å². The van der Waals surface area contributed by atoms with E-state index in [9.17, 15) is 4.79 Å². The van der Waals surface area contributed by atoms with Gasteiger partial charge in [-0.3, -0.25) is 4.79 Å². The lowest BCUT2D eigenvalue weighted by Crippen LogP contribution is -2.33. The zero-order valence-electron chi connectivity index (χ0n) is 7.50. The van der Waals surface area contributed by atoms with E-state index in [1.165, 1.54) is 0 Å². The summed E-state index contributed by atoms with van der Waals surface area (Å²) in [6, 6.07) is 0. The molecule has 0 aromatic rings. The van der Waals surface area contributed by atoms with Gasteiger partial charge in [0.05, 0.1) is 12.0 Å². The number of carbonyl (C=O) groups excluding carboxylic acids is 1. The number of hydrogen-bond acceptors (Lipinski definition) is 3. The van der Waals surface area contributed by atoms with Gasteiger partial charge in [-0.1, -0.05) is 19.1 Å². The lowest BCUT2D eigenvalue weighted by atomic mass is 9.94. The Kier molecular flexibility index (Phi) is 3.20. The minimum absolute atomic E-state index is 0.0772. The monoisotopic (exact) mass is 186 g/mol. The first kappa shape index (κ1) is 9.65. The average molecular weight is 186 g/mol. The zero-order valence-corrected chi connectivity index (χ0v) is 8.32. The normalized spacial score (nSPS) is 29.7. The van der Waals surface area contributed by atoms with Crippen LogP contribution >= 0.6 is 12.2 Å². The smallest absolute Gasteiger partial charge is 0.314 e. The fourth-order valence-corrected chi connectivity index (χ4v) is 1.61. The lowest BCUT2D eigenvalue weighted by Gasteiger charge is -2.25. The molecule has 0 amide bonds. The van der Waals surface area contributed by atoms with Crippen LogP contribution < -0.4 is 0 Å². The van der Waals surface area contributed by atoms with E-state index in [2.05, 4.69) is 0 Å². The Morgan fingerprint density at radius 3 is 2.83 bits per heavy atom. The quantitative estimate of drug-likeness (QED) is 0.488. The van der Waals surface area contributed by atoms with Gasteiger partial charge in [0.15, 0.2) is 0 Å². The average Bonchev–Trinajstić information content (AvgIpc) is 2.03. The summed E-state index contributed by atoms with van der Waals surface area (Å²) < 4.78 is 5.10. The Bertz CT molecular complexity index is 201. The second kappa shape index (κ2) is 3.99. The van der Waals surface area contributed by atoms with Crippen LogP contribution in [-0.4, -0.2) is 16.9 Å². The predicted octanol–water partition coefficient (Wildman–Crippen LogP) is 2.11. The Morgan fingerprint density at radius 2 is 2.33 bits per heavy atom. The molecule has 3 heteroatoms. The van der Waals surface area contributed by atoms with Crippen LogP contribution in [0.25, 0.3) is 0 Å². The van der Waals surface area contributed by atoms with Crippen LogP contribution in [-0.2, 0) is 9.53 Å². The van der Waals surface area contributed by atoms with Crippen molar-refractivity contribution in [2.45, 2.75) is 39.2 Å². The third-order valence-corrected chi connectivity index (χ3v) is 2.77. The Morgan fingerprint density at radius 1 is 1.67 bits per heavy atom. The molecule has 0 radical (unpaired) electrons. The van der Waals surface area contributed by atoms with Crippen molar-refractivity contribution in [1.82, 2.24) is 0 Å². The molecule has 0 spiro atoms. The van der Waals surface area contributed by atoms with Crippen molar-refractivity contribution in [2.24, 2.45) is 5.92 Å². The van der Waals surface area contributed by atoms with Gasteiger partial charge in [-0.15, -0.1) is 0 Å². The molecule has 0 aliphatic carbocycles. The Labute approximate surface area is 78.3 Å². The third-order valence-electron chi connectivity index (χ3n) is 2.20. The Balaban J connectivity index is 2.56. The van der Waals surface area contributed by atoms with E-state index in [0.717, 1.165) is 24.1 Å². The number of carbonyl (C=O) groups is 1. The number of ether oxygens (including phenoxy) is 1. The van der Waals surface area contributed by atoms with Gasteiger partial charge in [0.2, 0.25) is 0 Å². The first-order chi connectivity index (χ1) is 5.65. The van der Waals surface area contributed by atoms with Crippen LogP contribution in [0.2, 0.25) is 0 Å². The molecule has 1 saturated heterocycles. The molecule has 2 nitrogen and oxygen atoms in total. The summed E-state index contributed by atoms with van der Waals surface area (Å²) in [6.45, 7) is 3.90. The lowest BCUT2D eigenvalue weighted by molar-refractivity contribution is -0.155. The van der Waals surface area contributed by atoms with E-state index in [1.807, 2.05) is 13.8 Å². The van der Waals surface area contributed by atoms with Gasteiger partial charge in [-0.2, -0.15) is 0 Å². The van der Waals surface area contributed by atoms with Crippen molar-refractivity contribution in [1.29, 1.82) is 0 Å². The summed E-state index contributed by atoms with van der Waals surface area (Å²) in [6.07, 6.45) is 2.68. The minimum Gasteiger partial charge on any atom is -0.462 e. The molecule has 0 aromatic heterocycles. The summed E-state index contributed by atoms with van der Waals surface area (Å²) in [5, 5.41) is 0. The van der Waals surface area contributed by atoms with Gasteiger partial charge in [0, 0.05) is 4.86 Å². The van der Waals surface area contributed by atoms with E-state index >= 15 is 0 Å². The number of thiocarbonyl (C=S) groups is 1. The highest BCUT2D eigenvalue weighted by Gasteiger charge is 2.29. The zero-order chi connectivity index (χ0) is 9.14. The second-order valence-electron chi connectivity index (χ2n) is 3.20. The summed E-state index contributed by atoms with van der Waals surface area (Å²) in [5.41, 5.74) is 0. The van der Waals surface area contributed by atoms with E-state index in [0.29, 0.717) is 0 Å². The van der Waals surface area contributed by atoms with Crippen molar-refractivity contribution < 1.29 is 9.53 Å². The van der Waals surface area contributed by atoms with Crippen LogP contribution in [0.5, 0.6) is 0 Å². The SMILES string of the molecule is CCC(=S)C1CCC(C)OC1=O. The summed E-state index contributed by atoms with van der Waals surface area (Å²) >= 11 is 5.09. The summed E-state index contributed by atoms with van der Waals surface area (Å²) in [5.74, 6) is -0.234. The Hall–Kier alpha value is -0.440. The number of cyclic esters (lactones) is 1. The molecule has 12 heavy (non-hydrogen) atoms. The molecule has 0 saturated carbocycles. The maximum absolute atomic E-state index is 11.3. The third kappa shape index (κ3) is 2.03. The summed E-state index contributed by atoms with van der Waals surface area (Å²) in [7, 11) is 0. The maximum Gasteiger partial charge on any atom is 0.314 e. The predicted molar refractivity (Wildman–Crippen MR) is 51.2 cm³/mol. The van der Waals surface area contributed by atoms with Crippen LogP contribution in [0, 0.1) is 5.92 Å². The molecule has 0 bridgehead atoms. The van der Waals surface area contributed by atoms with E-state index in [-0.39, 0.29) is 18.0 Å². The van der Waals surface area contributed by atoms with Crippen molar-refractivity contribution in [2.75, 3.05) is 0 Å². The fourth-order valence-electron chi connectivity index (χ4n) is 1.40. The van der Waals surface area contributed by atoms with Gasteiger partial charge in [-0.05, 0) is 26.2 Å². The standard InChI is InChI=1S/C9H14O2S/c1-3-8(12)7-5-4-6(2)11-9(7)10/h6-7H,3-5H2,1-2H3. The highest BCUT2D eigenvalue weighted by Crippen LogP contribution is 2.22. The van der Waals surface area contributed by atoms with Crippen LogP contribution in [0.3, 0.4) is 0 Å². The highest BCUT2D eigenvalue weighted by atomic mass is 32.1. The first-order valence-electron chi connectivity index (χ1n) is 4.38. The van der Waals surface area contributed by atoms with Crippen LogP contribution in [0.1, 0.15) is 33.1 Å². The van der Waals surface area contributed by atoms with Gasteiger partial charge in [-0.25, -0.2) is 0 Å². The van der Waals surface area contributed by atoms with Crippen LogP contribution in [0.15, 0.2) is 0 Å². The van der Waals surface area contributed by atoms with Gasteiger partial charge < -0.3 is 4.74 Å².